The number of fused-ring (bicyclic) bond motifs is 1. The number of halogens is 1. The minimum atomic E-state index is -4.27. The van der Waals surface area contributed by atoms with E-state index in [0.717, 1.165) is 0 Å². The highest BCUT2D eigenvalue weighted by Crippen LogP contribution is 2.38. The molecular formula is C27H17ClO4S. The standard InChI is InChI=1S/C27H17ClO4S/c28-20-16-14-18(15-17-20)21-10-5-7-13-24(21)33(30,31)26-25(19-8-2-1-3-9-19)22-11-4-6-12-23(22)32-27(26)29/h1-17H. The van der Waals surface area contributed by atoms with Crippen LogP contribution in [0.1, 0.15) is 0 Å². The Labute approximate surface area is 195 Å². The van der Waals surface area contributed by atoms with Gasteiger partial charge in [0, 0.05) is 21.5 Å². The minimum absolute atomic E-state index is 0.0204. The zero-order chi connectivity index (χ0) is 23.0. The molecule has 5 rings (SSSR count). The van der Waals surface area contributed by atoms with E-state index in [2.05, 4.69) is 0 Å². The third-order valence-electron chi connectivity index (χ3n) is 5.43. The quantitative estimate of drug-likeness (QED) is 0.276. The Morgan fingerprint density at radius 1 is 0.667 bits per heavy atom. The number of rotatable bonds is 4. The molecule has 4 nitrogen and oxygen atoms in total. The van der Waals surface area contributed by atoms with Gasteiger partial charge in [-0.15, -0.1) is 0 Å². The summed E-state index contributed by atoms with van der Waals surface area (Å²) in [6, 6.07) is 29.4. The first-order chi connectivity index (χ1) is 16.0. The molecule has 0 bridgehead atoms. The van der Waals surface area contributed by atoms with Crippen LogP contribution < -0.4 is 5.63 Å². The van der Waals surface area contributed by atoms with Crippen molar-refractivity contribution in [1.82, 2.24) is 0 Å². The van der Waals surface area contributed by atoms with E-state index in [1.54, 1.807) is 91.0 Å². The van der Waals surface area contributed by atoms with Crippen molar-refractivity contribution in [2.45, 2.75) is 9.79 Å². The maximum absolute atomic E-state index is 14.1. The van der Waals surface area contributed by atoms with Crippen molar-refractivity contribution >= 4 is 32.4 Å². The maximum Gasteiger partial charge on any atom is 0.356 e. The molecule has 0 saturated carbocycles. The third kappa shape index (κ3) is 3.75. The van der Waals surface area contributed by atoms with E-state index < -0.39 is 15.5 Å². The average Bonchev–Trinajstić information content (AvgIpc) is 2.84. The average molecular weight is 473 g/mol. The Morgan fingerprint density at radius 3 is 2.06 bits per heavy atom. The van der Waals surface area contributed by atoms with Gasteiger partial charge in [-0.05, 0) is 35.4 Å². The van der Waals surface area contributed by atoms with E-state index in [1.807, 2.05) is 6.07 Å². The Bertz CT molecular complexity index is 1640. The maximum atomic E-state index is 14.1. The molecule has 0 aliphatic carbocycles. The number of hydrogen-bond donors (Lipinski definition) is 0. The van der Waals surface area contributed by atoms with Crippen LogP contribution in [-0.4, -0.2) is 8.42 Å². The van der Waals surface area contributed by atoms with Crippen molar-refractivity contribution in [2.75, 3.05) is 0 Å². The topological polar surface area (TPSA) is 64.3 Å². The lowest BCUT2D eigenvalue weighted by molar-refractivity contribution is 0.534. The molecule has 0 spiro atoms. The normalized spacial score (nSPS) is 11.5. The Morgan fingerprint density at radius 2 is 1.30 bits per heavy atom. The van der Waals surface area contributed by atoms with Gasteiger partial charge in [-0.1, -0.05) is 90.5 Å². The van der Waals surface area contributed by atoms with Crippen molar-refractivity contribution in [3.8, 4) is 22.3 Å². The van der Waals surface area contributed by atoms with Gasteiger partial charge in [0.25, 0.3) is 0 Å². The van der Waals surface area contributed by atoms with Gasteiger partial charge in [0.15, 0.2) is 4.90 Å². The monoisotopic (exact) mass is 472 g/mol. The van der Waals surface area contributed by atoms with Crippen LogP contribution in [0.4, 0.5) is 0 Å². The summed E-state index contributed by atoms with van der Waals surface area (Å²) in [5.41, 5.74) is 1.51. The highest BCUT2D eigenvalue weighted by atomic mass is 35.5. The van der Waals surface area contributed by atoms with Crippen LogP contribution in [-0.2, 0) is 9.84 Å². The summed E-state index contributed by atoms with van der Waals surface area (Å²) >= 11 is 6.02. The number of hydrogen-bond acceptors (Lipinski definition) is 4. The van der Waals surface area contributed by atoms with E-state index >= 15 is 0 Å². The summed E-state index contributed by atoms with van der Waals surface area (Å²) in [6.07, 6.45) is 0. The highest BCUT2D eigenvalue weighted by Gasteiger charge is 2.31. The molecule has 6 heteroatoms. The van der Waals surface area contributed by atoms with Crippen LogP contribution in [0, 0.1) is 0 Å². The van der Waals surface area contributed by atoms with Crippen molar-refractivity contribution in [3.05, 3.63) is 119 Å². The largest absolute Gasteiger partial charge is 0.422 e. The SMILES string of the molecule is O=c1oc2ccccc2c(-c2ccccc2)c1S(=O)(=O)c1ccccc1-c1ccc(Cl)cc1. The summed E-state index contributed by atoms with van der Waals surface area (Å²) in [5, 5.41) is 1.09. The van der Waals surface area contributed by atoms with Crippen molar-refractivity contribution in [1.29, 1.82) is 0 Å². The number of para-hydroxylation sites is 1. The second-order valence-corrected chi connectivity index (χ2v) is 9.75. The van der Waals surface area contributed by atoms with E-state index in [0.29, 0.717) is 38.2 Å². The van der Waals surface area contributed by atoms with Crippen molar-refractivity contribution in [2.24, 2.45) is 0 Å². The molecule has 4 aromatic carbocycles. The molecule has 1 heterocycles. The summed E-state index contributed by atoms with van der Waals surface area (Å²) in [5.74, 6) is 0. The molecule has 0 unspecified atom stereocenters. The second-order valence-electron chi connectivity index (χ2n) is 7.46. The molecule has 0 saturated heterocycles. The number of benzene rings is 4. The molecule has 0 N–H and O–H groups in total. The van der Waals surface area contributed by atoms with Crippen LogP contribution in [0.3, 0.4) is 0 Å². The summed E-state index contributed by atoms with van der Waals surface area (Å²) in [7, 11) is -4.27. The van der Waals surface area contributed by atoms with Gasteiger partial charge in [0.2, 0.25) is 9.84 Å². The molecule has 5 aromatic rings. The molecule has 0 aliphatic rings. The van der Waals surface area contributed by atoms with Crippen LogP contribution in [0.5, 0.6) is 0 Å². The fourth-order valence-corrected chi connectivity index (χ4v) is 5.78. The Hall–Kier alpha value is -3.67. The predicted molar refractivity (Wildman–Crippen MR) is 130 cm³/mol. The Balaban J connectivity index is 1.86. The second kappa shape index (κ2) is 8.35. The van der Waals surface area contributed by atoms with Crippen LogP contribution in [0.15, 0.2) is 122 Å². The van der Waals surface area contributed by atoms with E-state index in [9.17, 15) is 13.2 Å². The Kier molecular flexibility index (Phi) is 5.36. The molecule has 162 valence electrons. The van der Waals surface area contributed by atoms with Crippen LogP contribution in [0.25, 0.3) is 33.2 Å². The van der Waals surface area contributed by atoms with Gasteiger partial charge in [-0.3, -0.25) is 0 Å². The third-order valence-corrected chi connectivity index (χ3v) is 7.53. The highest BCUT2D eigenvalue weighted by molar-refractivity contribution is 7.91. The van der Waals surface area contributed by atoms with Crippen molar-refractivity contribution in [3.63, 3.8) is 0 Å². The predicted octanol–water partition coefficient (Wildman–Crippen LogP) is 6.61. The van der Waals surface area contributed by atoms with Gasteiger partial charge in [0.05, 0.1) is 4.90 Å². The van der Waals surface area contributed by atoms with Gasteiger partial charge >= 0.3 is 5.63 Å². The summed E-state index contributed by atoms with van der Waals surface area (Å²) in [6.45, 7) is 0. The lowest BCUT2D eigenvalue weighted by Gasteiger charge is -2.15. The first kappa shape index (κ1) is 21.2. The molecule has 0 atom stereocenters. The van der Waals surface area contributed by atoms with E-state index in [1.165, 1.54) is 6.07 Å². The molecule has 0 aliphatic heterocycles. The first-order valence-electron chi connectivity index (χ1n) is 10.2. The molecule has 0 fully saturated rings. The summed E-state index contributed by atoms with van der Waals surface area (Å²) in [4.78, 5) is 12.8. The van der Waals surface area contributed by atoms with Gasteiger partial charge in [0.1, 0.15) is 5.58 Å². The number of sulfone groups is 1. The van der Waals surface area contributed by atoms with Crippen molar-refractivity contribution < 1.29 is 12.8 Å². The van der Waals surface area contributed by atoms with Crippen LogP contribution >= 0.6 is 11.6 Å². The van der Waals surface area contributed by atoms with Gasteiger partial charge < -0.3 is 4.42 Å². The fraction of sp³-hybridized carbons (Fsp3) is 0. The first-order valence-corrected chi connectivity index (χ1v) is 12.0. The molecule has 1 aromatic heterocycles. The smallest absolute Gasteiger partial charge is 0.356 e. The fourth-order valence-electron chi connectivity index (χ4n) is 3.95. The lowest BCUT2D eigenvalue weighted by atomic mass is 10.0. The zero-order valence-electron chi connectivity index (χ0n) is 17.2. The zero-order valence-corrected chi connectivity index (χ0v) is 18.8. The molecule has 33 heavy (non-hydrogen) atoms. The lowest BCUT2D eigenvalue weighted by Crippen LogP contribution is -2.17. The molecule has 0 amide bonds. The summed E-state index contributed by atoms with van der Waals surface area (Å²) < 4.78 is 33.6. The van der Waals surface area contributed by atoms with Gasteiger partial charge in [-0.25, -0.2) is 13.2 Å². The minimum Gasteiger partial charge on any atom is -0.422 e. The van der Waals surface area contributed by atoms with E-state index in [4.69, 9.17) is 16.0 Å². The van der Waals surface area contributed by atoms with E-state index in [-0.39, 0.29) is 9.79 Å². The molecule has 0 radical (unpaired) electrons. The molecular weight excluding hydrogens is 456 g/mol. The van der Waals surface area contributed by atoms with Crippen LogP contribution in [0.2, 0.25) is 5.02 Å². The van der Waals surface area contributed by atoms with Gasteiger partial charge in [-0.2, -0.15) is 0 Å².